The summed E-state index contributed by atoms with van der Waals surface area (Å²) < 4.78 is 0. The molecule has 0 radical (unpaired) electrons. The Morgan fingerprint density at radius 3 is 2.87 bits per heavy atom. The van der Waals surface area contributed by atoms with Crippen molar-refractivity contribution in [1.29, 1.82) is 0 Å². The third kappa shape index (κ3) is 7.29. The fourth-order valence-electron chi connectivity index (χ4n) is 1.05. The molecule has 4 heteroatoms. The van der Waals surface area contributed by atoms with E-state index in [1.807, 2.05) is 18.7 Å². The molecule has 0 saturated carbocycles. The maximum absolute atomic E-state index is 11.4. The van der Waals surface area contributed by atoms with Gasteiger partial charge in [0.25, 0.3) is 0 Å². The lowest BCUT2D eigenvalue weighted by molar-refractivity contribution is -0.122. The van der Waals surface area contributed by atoms with Crippen molar-refractivity contribution in [3.8, 4) is 12.3 Å². The van der Waals surface area contributed by atoms with Gasteiger partial charge in [0.15, 0.2) is 0 Å². The standard InChI is InChI=1S/C11H20N2OS/c1-4-6-10(12)11(14)13-9(3)7-8-15-5-2/h1,9-10H,5-8,12H2,2-3H3,(H,13,14). The molecule has 0 aromatic heterocycles. The van der Waals surface area contributed by atoms with E-state index in [-0.39, 0.29) is 11.9 Å². The van der Waals surface area contributed by atoms with Crippen molar-refractivity contribution in [3.63, 3.8) is 0 Å². The average molecular weight is 228 g/mol. The van der Waals surface area contributed by atoms with Crippen LogP contribution in [-0.4, -0.2) is 29.5 Å². The van der Waals surface area contributed by atoms with Crippen LogP contribution in [0.4, 0.5) is 0 Å². The minimum Gasteiger partial charge on any atom is -0.352 e. The average Bonchev–Trinajstić information content (AvgIpc) is 2.18. The van der Waals surface area contributed by atoms with Crippen molar-refractivity contribution in [2.45, 2.75) is 38.8 Å². The first-order valence-electron chi connectivity index (χ1n) is 5.19. The van der Waals surface area contributed by atoms with E-state index in [0.29, 0.717) is 6.42 Å². The van der Waals surface area contributed by atoms with Crippen molar-refractivity contribution in [3.05, 3.63) is 0 Å². The monoisotopic (exact) mass is 228 g/mol. The molecule has 3 nitrogen and oxygen atoms in total. The van der Waals surface area contributed by atoms with Crippen LogP contribution in [0.15, 0.2) is 0 Å². The number of hydrogen-bond acceptors (Lipinski definition) is 3. The summed E-state index contributed by atoms with van der Waals surface area (Å²) in [6, 6.07) is -0.406. The van der Waals surface area contributed by atoms with Crippen molar-refractivity contribution >= 4 is 17.7 Å². The fraction of sp³-hybridized carbons (Fsp3) is 0.727. The number of terminal acetylenes is 1. The summed E-state index contributed by atoms with van der Waals surface area (Å²) in [6.45, 7) is 4.10. The number of carbonyl (C=O) groups is 1. The normalized spacial score (nSPS) is 14.0. The van der Waals surface area contributed by atoms with Gasteiger partial charge in [0.1, 0.15) is 0 Å². The maximum Gasteiger partial charge on any atom is 0.238 e. The maximum atomic E-state index is 11.4. The van der Waals surface area contributed by atoms with Crippen LogP contribution in [0, 0.1) is 12.3 Å². The van der Waals surface area contributed by atoms with Crippen molar-refractivity contribution in [1.82, 2.24) is 5.32 Å². The van der Waals surface area contributed by atoms with Crippen LogP contribution in [0.5, 0.6) is 0 Å². The van der Waals surface area contributed by atoms with E-state index in [0.717, 1.165) is 17.9 Å². The molecular weight excluding hydrogens is 208 g/mol. The molecule has 86 valence electrons. The second-order valence-electron chi connectivity index (χ2n) is 3.41. The molecule has 0 saturated heterocycles. The lowest BCUT2D eigenvalue weighted by Gasteiger charge is -2.16. The minimum atomic E-state index is -0.573. The zero-order chi connectivity index (χ0) is 11.7. The molecular formula is C11H20N2OS. The molecule has 0 rings (SSSR count). The lowest BCUT2D eigenvalue weighted by atomic mass is 10.2. The van der Waals surface area contributed by atoms with E-state index in [1.165, 1.54) is 0 Å². The van der Waals surface area contributed by atoms with E-state index in [9.17, 15) is 4.79 Å². The molecule has 3 N–H and O–H groups in total. The molecule has 2 atom stereocenters. The highest BCUT2D eigenvalue weighted by molar-refractivity contribution is 7.99. The Hall–Kier alpha value is -0.660. The third-order valence-electron chi connectivity index (χ3n) is 1.96. The lowest BCUT2D eigenvalue weighted by Crippen LogP contribution is -2.44. The number of carbonyl (C=O) groups excluding carboxylic acids is 1. The third-order valence-corrected chi connectivity index (χ3v) is 2.90. The van der Waals surface area contributed by atoms with Gasteiger partial charge in [-0.05, 0) is 24.9 Å². The topological polar surface area (TPSA) is 55.1 Å². The van der Waals surface area contributed by atoms with Gasteiger partial charge in [-0.25, -0.2) is 0 Å². The first-order chi connectivity index (χ1) is 7.11. The van der Waals surface area contributed by atoms with Gasteiger partial charge in [0.2, 0.25) is 5.91 Å². The van der Waals surface area contributed by atoms with Crippen LogP contribution in [-0.2, 0) is 4.79 Å². The Morgan fingerprint density at radius 1 is 1.67 bits per heavy atom. The molecule has 0 fully saturated rings. The number of hydrogen-bond donors (Lipinski definition) is 2. The molecule has 0 spiro atoms. The zero-order valence-corrected chi connectivity index (χ0v) is 10.3. The van der Waals surface area contributed by atoms with E-state index >= 15 is 0 Å². The predicted octanol–water partition coefficient (Wildman–Crippen LogP) is 0.985. The summed E-state index contributed by atoms with van der Waals surface area (Å²) in [5.41, 5.74) is 5.57. The molecule has 0 aliphatic carbocycles. The summed E-state index contributed by atoms with van der Waals surface area (Å²) in [5.74, 6) is 4.40. The summed E-state index contributed by atoms with van der Waals surface area (Å²) in [7, 11) is 0. The van der Waals surface area contributed by atoms with Crippen LogP contribution in [0.3, 0.4) is 0 Å². The summed E-state index contributed by atoms with van der Waals surface area (Å²) in [5, 5.41) is 2.85. The van der Waals surface area contributed by atoms with Gasteiger partial charge in [-0.1, -0.05) is 6.92 Å². The van der Waals surface area contributed by atoms with E-state index < -0.39 is 6.04 Å². The zero-order valence-electron chi connectivity index (χ0n) is 9.45. The van der Waals surface area contributed by atoms with Crippen LogP contribution >= 0.6 is 11.8 Å². The van der Waals surface area contributed by atoms with E-state index in [1.54, 1.807) is 0 Å². The Kier molecular flexibility index (Phi) is 8.25. The van der Waals surface area contributed by atoms with Gasteiger partial charge in [-0.15, -0.1) is 12.3 Å². The van der Waals surface area contributed by atoms with E-state index in [4.69, 9.17) is 12.2 Å². The molecule has 0 heterocycles. The molecule has 0 aliphatic rings. The van der Waals surface area contributed by atoms with Gasteiger partial charge in [-0.3, -0.25) is 4.79 Å². The van der Waals surface area contributed by atoms with Crippen molar-refractivity contribution in [2.24, 2.45) is 5.73 Å². The molecule has 0 aromatic rings. The van der Waals surface area contributed by atoms with Crippen LogP contribution in [0.2, 0.25) is 0 Å². The number of thioether (sulfide) groups is 1. The highest BCUT2D eigenvalue weighted by atomic mass is 32.2. The number of amides is 1. The number of rotatable bonds is 7. The summed E-state index contributed by atoms with van der Waals surface area (Å²) in [4.78, 5) is 11.4. The molecule has 1 amide bonds. The fourth-order valence-corrected chi connectivity index (χ4v) is 1.86. The van der Waals surface area contributed by atoms with Gasteiger partial charge in [0, 0.05) is 12.5 Å². The van der Waals surface area contributed by atoms with Gasteiger partial charge in [0.05, 0.1) is 6.04 Å². The van der Waals surface area contributed by atoms with Gasteiger partial charge >= 0.3 is 0 Å². The second kappa shape index (κ2) is 8.63. The molecule has 0 aromatic carbocycles. The largest absolute Gasteiger partial charge is 0.352 e. The second-order valence-corrected chi connectivity index (χ2v) is 4.80. The summed E-state index contributed by atoms with van der Waals surface area (Å²) >= 11 is 1.87. The van der Waals surface area contributed by atoms with E-state index in [2.05, 4.69) is 18.2 Å². The Balaban J connectivity index is 3.71. The summed E-state index contributed by atoms with van der Waals surface area (Å²) in [6.07, 6.45) is 6.34. The van der Waals surface area contributed by atoms with Crippen molar-refractivity contribution < 1.29 is 4.79 Å². The molecule has 15 heavy (non-hydrogen) atoms. The molecule has 2 unspecified atom stereocenters. The number of nitrogens with two attached hydrogens (primary N) is 1. The Labute approximate surface area is 96.6 Å². The Bertz CT molecular complexity index is 225. The Morgan fingerprint density at radius 2 is 2.33 bits per heavy atom. The number of nitrogens with one attached hydrogen (secondary N) is 1. The van der Waals surface area contributed by atoms with Crippen LogP contribution in [0.25, 0.3) is 0 Å². The van der Waals surface area contributed by atoms with Crippen LogP contribution in [0.1, 0.15) is 26.7 Å². The molecule has 0 aliphatic heterocycles. The highest BCUT2D eigenvalue weighted by Gasteiger charge is 2.14. The smallest absolute Gasteiger partial charge is 0.238 e. The first-order valence-corrected chi connectivity index (χ1v) is 6.34. The molecule has 0 bridgehead atoms. The van der Waals surface area contributed by atoms with Gasteiger partial charge < -0.3 is 11.1 Å². The highest BCUT2D eigenvalue weighted by Crippen LogP contribution is 2.03. The predicted molar refractivity (Wildman–Crippen MR) is 66.6 cm³/mol. The van der Waals surface area contributed by atoms with Crippen LogP contribution < -0.4 is 11.1 Å². The minimum absolute atomic E-state index is 0.151. The SMILES string of the molecule is C#CCC(N)C(=O)NC(C)CCSCC. The first kappa shape index (κ1) is 14.3. The quantitative estimate of drug-likeness (QED) is 0.504. The van der Waals surface area contributed by atoms with Crippen molar-refractivity contribution in [2.75, 3.05) is 11.5 Å². The van der Waals surface area contributed by atoms with Gasteiger partial charge in [-0.2, -0.15) is 11.8 Å².